The van der Waals surface area contributed by atoms with Crippen LogP contribution in [-0.2, 0) is 16.0 Å². The van der Waals surface area contributed by atoms with Gasteiger partial charge in [0.15, 0.2) is 6.61 Å². The van der Waals surface area contributed by atoms with Crippen molar-refractivity contribution in [1.82, 2.24) is 9.78 Å². The largest absolute Gasteiger partial charge is 0.451 e. The van der Waals surface area contributed by atoms with E-state index in [1.54, 1.807) is 11.0 Å². The van der Waals surface area contributed by atoms with Gasteiger partial charge in [0.25, 0.3) is 5.91 Å². The van der Waals surface area contributed by atoms with E-state index < -0.39 is 5.97 Å². The topological polar surface area (TPSA) is 64.4 Å². The first-order valence-electron chi connectivity index (χ1n) is 9.72. The first-order chi connectivity index (χ1) is 14.6. The Hall–Kier alpha value is -3.45. The van der Waals surface area contributed by atoms with Gasteiger partial charge in [-0.05, 0) is 43.2 Å². The van der Waals surface area contributed by atoms with E-state index in [-0.39, 0.29) is 12.5 Å². The summed E-state index contributed by atoms with van der Waals surface area (Å²) in [5, 5.41) is 5.50. The van der Waals surface area contributed by atoms with Crippen molar-refractivity contribution in [2.45, 2.75) is 13.3 Å². The zero-order chi connectivity index (χ0) is 20.7. The van der Waals surface area contributed by atoms with E-state index in [1.165, 1.54) is 11.3 Å². The molecule has 0 saturated heterocycles. The summed E-state index contributed by atoms with van der Waals surface area (Å²) in [6.07, 6.45) is 0.821. The number of benzene rings is 2. The maximum Gasteiger partial charge on any atom is 0.348 e. The van der Waals surface area contributed by atoms with Crippen LogP contribution in [0.5, 0.6) is 0 Å². The Kier molecular flexibility index (Phi) is 4.59. The lowest BCUT2D eigenvalue weighted by atomic mass is 10.2. The fourth-order valence-corrected chi connectivity index (χ4v) is 4.84. The number of ether oxygens (including phenoxy) is 1. The van der Waals surface area contributed by atoms with Crippen molar-refractivity contribution in [3.63, 3.8) is 0 Å². The zero-order valence-corrected chi connectivity index (χ0v) is 17.2. The quantitative estimate of drug-likeness (QED) is 0.468. The number of fused-ring (bicyclic) bond motifs is 2. The second-order valence-corrected chi connectivity index (χ2v) is 8.19. The molecule has 0 aliphatic carbocycles. The summed E-state index contributed by atoms with van der Waals surface area (Å²) in [5.41, 5.74) is 3.82. The van der Waals surface area contributed by atoms with Crippen molar-refractivity contribution in [3.05, 3.63) is 76.8 Å². The number of thiophene rings is 1. The van der Waals surface area contributed by atoms with Crippen LogP contribution in [0.1, 0.15) is 20.9 Å². The highest BCUT2D eigenvalue weighted by atomic mass is 32.1. The molecule has 7 heteroatoms. The van der Waals surface area contributed by atoms with Gasteiger partial charge in [0.05, 0.1) is 11.4 Å². The molecule has 1 aliphatic heterocycles. The fourth-order valence-electron chi connectivity index (χ4n) is 3.77. The van der Waals surface area contributed by atoms with Crippen LogP contribution in [0.3, 0.4) is 0 Å². The molecule has 2 aromatic heterocycles. The van der Waals surface area contributed by atoms with Crippen LogP contribution in [0.25, 0.3) is 15.9 Å². The summed E-state index contributed by atoms with van der Waals surface area (Å²) in [5.74, 6) is -0.697. The molecule has 0 N–H and O–H groups in total. The number of rotatable bonds is 4. The lowest BCUT2D eigenvalue weighted by Gasteiger charge is -2.16. The highest BCUT2D eigenvalue weighted by Crippen LogP contribution is 2.31. The van der Waals surface area contributed by atoms with Crippen molar-refractivity contribution >= 4 is 39.1 Å². The van der Waals surface area contributed by atoms with E-state index in [0.717, 1.165) is 39.3 Å². The second kappa shape index (κ2) is 7.42. The van der Waals surface area contributed by atoms with Crippen LogP contribution in [0.4, 0.5) is 5.69 Å². The van der Waals surface area contributed by atoms with E-state index in [2.05, 4.69) is 5.10 Å². The van der Waals surface area contributed by atoms with Crippen molar-refractivity contribution < 1.29 is 14.3 Å². The minimum Gasteiger partial charge on any atom is -0.451 e. The molecule has 0 unspecified atom stereocenters. The number of carbonyl (C=O) groups is 2. The van der Waals surface area contributed by atoms with Crippen LogP contribution < -0.4 is 4.90 Å². The fraction of sp³-hybridized carbons (Fsp3) is 0.174. The average molecular weight is 417 g/mol. The zero-order valence-electron chi connectivity index (χ0n) is 16.4. The minimum atomic E-state index is -0.490. The standard InChI is InChI=1S/C23H19N3O3S/c1-15-18-13-20(30-22(18)26(24-15)17-8-3-2-4-9-17)23(28)29-14-21(27)25-12-11-16-7-5-6-10-19(16)25/h2-10,13H,11-12,14H2,1H3. The molecule has 0 atom stereocenters. The van der Waals surface area contributed by atoms with Crippen LogP contribution in [0.2, 0.25) is 0 Å². The summed E-state index contributed by atoms with van der Waals surface area (Å²) < 4.78 is 7.18. The monoisotopic (exact) mass is 417 g/mol. The van der Waals surface area contributed by atoms with Gasteiger partial charge in [-0.15, -0.1) is 11.3 Å². The normalized spacial score (nSPS) is 12.9. The average Bonchev–Trinajstić information content (AvgIpc) is 3.47. The van der Waals surface area contributed by atoms with Crippen molar-refractivity contribution in [1.29, 1.82) is 0 Å². The van der Waals surface area contributed by atoms with Crippen LogP contribution >= 0.6 is 11.3 Å². The molecule has 0 spiro atoms. The molecule has 0 fully saturated rings. The molecular formula is C23H19N3O3S. The van der Waals surface area contributed by atoms with Crippen LogP contribution in [-0.4, -0.2) is 34.8 Å². The molecule has 5 rings (SSSR count). The Labute approximate surface area is 177 Å². The van der Waals surface area contributed by atoms with Crippen molar-refractivity contribution in [3.8, 4) is 5.69 Å². The molecule has 0 bridgehead atoms. The Morgan fingerprint density at radius 1 is 1.10 bits per heavy atom. The number of anilines is 1. The number of para-hydroxylation sites is 2. The molecule has 0 saturated carbocycles. The highest BCUT2D eigenvalue weighted by Gasteiger charge is 2.25. The Balaban J connectivity index is 1.33. The van der Waals surface area contributed by atoms with Gasteiger partial charge in [0.2, 0.25) is 0 Å². The maximum absolute atomic E-state index is 12.6. The number of carbonyl (C=O) groups excluding carboxylic acids is 2. The highest BCUT2D eigenvalue weighted by molar-refractivity contribution is 7.20. The van der Waals surface area contributed by atoms with Gasteiger partial charge in [-0.25, -0.2) is 9.48 Å². The smallest absolute Gasteiger partial charge is 0.348 e. The predicted molar refractivity (Wildman–Crippen MR) is 116 cm³/mol. The second-order valence-electron chi connectivity index (χ2n) is 7.16. The van der Waals surface area contributed by atoms with Gasteiger partial charge in [-0.3, -0.25) is 4.79 Å². The van der Waals surface area contributed by atoms with Gasteiger partial charge >= 0.3 is 5.97 Å². The van der Waals surface area contributed by atoms with Crippen LogP contribution in [0, 0.1) is 6.92 Å². The SMILES string of the molecule is Cc1nn(-c2ccccc2)c2sc(C(=O)OCC(=O)N3CCc4ccccc43)cc12. The Morgan fingerprint density at radius 3 is 2.70 bits per heavy atom. The number of hydrogen-bond acceptors (Lipinski definition) is 5. The number of esters is 1. The summed E-state index contributed by atoms with van der Waals surface area (Å²) in [7, 11) is 0. The number of aromatic nitrogens is 2. The van der Waals surface area contributed by atoms with E-state index in [1.807, 2.05) is 66.2 Å². The molecule has 4 aromatic rings. The minimum absolute atomic E-state index is 0.207. The van der Waals surface area contributed by atoms with E-state index in [4.69, 9.17) is 4.74 Å². The third-order valence-electron chi connectivity index (χ3n) is 5.26. The summed E-state index contributed by atoms with van der Waals surface area (Å²) in [6.45, 7) is 2.26. The molecule has 150 valence electrons. The number of nitrogens with zero attached hydrogens (tertiary/aromatic N) is 3. The van der Waals surface area contributed by atoms with Crippen molar-refractivity contribution in [2.24, 2.45) is 0 Å². The van der Waals surface area contributed by atoms with Gasteiger partial charge in [-0.2, -0.15) is 5.10 Å². The van der Waals surface area contributed by atoms with Crippen molar-refractivity contribution in [2.75, 3.05) is 18.1 Å². The Bertz CT molecular complexity index is 1260. The molecule has 2 aromatic carbocycles. The van der Waals surface area contributed by atoms with E-state index in [9.17, 15) is 9.59 Å². The lowest BCUT2D eigenvalue weighted by Crippen LogP contribution is -2.33. The molecule has 3 heterocycles. The van der Waals surface area contributed by atoms with Crippen LogP contribution in [0.15, 0.2) is 60.7 Å². The number of hydrogen-bond donors (Lipinski definition) is 0. The molecular weight excluding hydrogens is 398 g/mol. The number of aryl methyl sites for hydroxylation is 1. The number of amides is 1. The summed E-state index contributed by atoms with van der Waals surface area (Å²) >= 11 is 1.32. The first-order valence-corrected chi connectivity index (χ1v) is 10.5. The first kappa shape index (κ1) is 18.6. The van der Waals surface area contributed by atoms with E-state index >= 15 is 0 Å². The van der Waals surface area contributed by atoms with Gasteiger partial charge in [0, 0.05) is 17.6 Å². The van der Waals surface area contributed by atoms with Gasteiger partial charge < -0.3 is 9.64 Å². The van der Waals surface area contributed by atoms with E-state index in [0.29, 0.717) is 11.4 Å². The third-order valence-corrected chi connectivity index (χ3v) is 6.35. The Morgan fingerprint density at radius 2 is 1.87 bits per heavy atom. The molecule has 30 heavy (non-hydrogen) atoms. The molecule has 1 aliphatic rings. The van der Waals surface area contributed by atoms with Gasteiger partial charge in [0.1, 0.15) is 9.71 Å². The predicted octanol–water partition coefficient (Wildman–Crippen LogP) is 4.14. The molecule has 0 radical (unpaired) electrons. The molecule has 1 amide bonds. The summed E-state index contributed by atoms with van der Waals surface area (Å²) in [4.78, 5) is 28.2. The van der Waals surface area contributed by atoms with Gasteiger partial charge in [-0.1, -0.05) is 36.4 Å². The maximum atomic E-state index is 12.6. The molecule has 6 nitrogen and oxygen atoms in total. The third kappa shape index (κ3) is 3.17. The lowest BCUT2D eigenvalue weighted by molar-refractivity contribution is -0.121. The summed E-state index contributed by atoms with van der Waals surface area (Å²) in [6, 6.07) is 19.4.